The molecule has 0 aliphatic carbocycles. The SMILES string of the molecule is Cc1ccc(NC(=S)N2CCN(C/C=C/c3ccccc3)CC2)cc1Cl. The molecule has 0 saturated carbocycles. The van der Waals surface area contributed by atoms with E-state index in [9.17, 15) is 0 Å². The Kier molecular flexibility index (Phi) is 6.67. The average molecular weight is 386 g/mol. The quantitative estimate of drug-likeness (QED) is 0.770. The normalized spacial score (nSPS) is 15.4. The Balaban J connectivity index is 1.44. The predicted molar refractivity (Wildman–Crippen MR) is 116 cm³/mol. The molecular weight excluding hydrogens is 362 g/mol. The van der Waals surface area contributed by atoms with Crippen LogP contribution in [0, 0.1) is 6.92 Å². The van der Waals surface area contributed by atoms with Crippen molar-refractivity contribution in [2.45, 2.75) is 6.92 Å². The monoisotopic (exact) mass is 385 g/mol. The van der Waals surface area contributed by atoms with Gasteiger partial charge >= 0.3 is 0 Å². The number of hydrogen-bond donors (Lipinski definition) is 1. The highest BCUT2D eigenvalue weighted by atomic mass is 35.5. The number of thiocarbonyl (C=S) groups is 1. The lowest BCUT2D eigenvalue weighted by atomic mass is 10.2. The summed E-state index contributed by atoms with van der Waals surface area (Å²) < 4.78 is 0. The van der Waals surface area contributed by atoms with Crippen LogP contribution in [0.1, 0.15) is 11.1 Å². The Bertz CT molecular complexity index is 768. The molecule has 0 aromatic heterocycles. The van der Waals surface area contributed by atoms with Gasteiger partial charge in [-0.05, 0) is 42.4 Å². The molecule has 1 saturated heterocycles. The van der Waals surface area contributed by atoms with E-state index in [0.29, 0.717) is 0 Å². The molecule has 26 heavy (non-hydrogen) atoms. The molecule has 3 nitrogen and oxygen atoms in total. The van der Waals surface area contributed by atoms with Crippen molar-refractivity contribution in [3.05, 3.63) is 70.8 Å². The predicted octanol–water partition coefficient (Wildman–Crippen LogP) is 4.68. The topological polar surface area (TPSA) is 18.5 Å². The fraction of sp³-hybridized carbons (Fsp3) is 0.286. The summed E-state index contributed by atoms with van der Waals surface area (Å²) in [5, 5.41) is 4.82. The third-order valence-electron chi connectivity index (χ3n) is 4.56. The van der Waals surface area contributed by atoms with Gasteiger partial charge in [0, 0.05) is 43.4 Å². The van der Waals surface area contributed by atoms with Crippen LogP contribution >= 0.6 is 23.8 Å². The highest BCUT2D eigenvalue weighted by Gasteiger charge is 2.18. The first-order valence-electron chi connectivity index (χ1n) is 8.88. The van der Waals surface area contributed by atoms with Crippen LogP contribution in [0.3, 0.4) is 0 Å². The summed E-state index contributed by atoms with van der Waals surface area (Å²) in [6.45, 7) is 6.85. The van der Waals surface area contributed by atoms with Gasteiger partial charge in [-0.2, -0.15) is 0 Å². The van der Waals surface area contributed by atoms with E-state index in [4.69, 9.17) is 23.8 Å². The summed E-state index contributed by atoms with van der Waals surface area (Å²) in [5.41, 5.74) is 3.26. The second-order valence-electron chi connectivity index (χ2n) is 6.49. The molecule has 2 aromatic rings. The number of aryl methyl sites for hydroxylation is 1. The van der Waals surface area contributed by atoms with Crippen molar-refractivity contribution in [1.29, 1.82) is 0 Å². The van der Waals surface area contributed by atoms with Crippen molar-refractivity contribution in [1.82, 2.24) is 9.80 Å². The summed E-state index contributed by atoms with van der Waals surface area (Å²) in [6.07, 6.45) is 4.41. The fourth-order valence-electron chi connectivity index (χ4n) is 2.91. The van der Waals surface area contributed by atoms with Gasteiger partial charge in [0.1, 0.15) is 0 Å². The maximum absolute atomic E-state index is 6.18. The molecule has 0 amide bonds. The molecule has 2 aromatic carbocycles. The summed E-state index contributed by atoms with van der Waals surface area (Å²) in [5.74, 6) is 0. The first-order valence-corrected chi connectivity index (χ1v) is 9.66. The maximum atomic E-state index is 6.18. The van der Waals surface area contributed by atoms with Crippen LogP contribution in [-0.2, 0) is 0 Å². The number of hydrogen-bond acceptors (Lipinski definition) is 2. The second kappa shape index (κ2) is 9.17. The molecular formula is C21H24ClN3S. The standard InChI is InChI=1S/C21H24ClN3S/c1-17-9-10-19(16-20(17)22)23-21(26)25-14-12-24(13-15-25)11-5-8-18-6-3-2-4-7-18/h2-10,16H,11-15H2,1H3,(H,23,26)/b8-5+. The van der Waals surface area contributed by atoms with Gasteiger partial charge in [-0.15, -0.1) is 0 Å². The van der Waals surface area contributed by atoms with Crippen molar-refractivity contribution in [2.75, 3.05) is 38.0 Å². The Morgan fingerprint density at radius 2 is 1.85 bits per heavy atom. The first kappa shape index (κ1) is 18.9. The van der Waals surface area contributed by atoms with Gasteiger partial charge in [0.05, 0.1) is 0 Å². The lowest BCUT2D eigenvalue weighted by Gasteiger charge is -2.35. The van der Waals surface area contributed by atoms with E-state index >= 15 is 0 Å². The molecule has 1 fully saturated rings. The molecule has 1 aliphatic heterocycles. The van der Waals surface area contributed by atoms with Crippen molar-refractivity contribution in [3.63, 3.8) is 0 Å². The summed E-state index contributed by atoms with van der Waals surface area (Å²) >= 11 is 11.7. The maximum Gasteiger partial charge on any atom is 0.173 e. The van der Waals surface area contributed by atoms with Crippen molar-refractivity contribution in [2.24, 2.45) is 0 Å². The second-order valence-corrected chi connectivity index (χ2v) is 7.29. The number of anilines is 1. The van der Waals surface area contributed by atoms with Crippen molar-refractivity contribution in [3.8, 4) is 0 Å². The number of halogens is 1. The van der Waals surface area contributed by atoms with Crippen LogP contribution < -0.4 is 5.32 Å². The lowest BCUT2D eigenvalue weighted by molar-refractivity contribution is 0.200. The largest absolute Gasteiger partial charge is 0.346 e. The number of nitrogens with one attached hydrogen (secondary N) is 1. The van der Waals surface area contributed by atoms with Gasteiger partial charge in [0.15, 0.2) is 5.11 Å². The number of rotatable bonds is 4. The highest BCUT2D eigenvalue weighted by Crippen LogP contribution is 2.20. The molecule has 5 heteroatoms. The third kappa shape index (κ3) is 5.31. The smallest absolute Gasteiger partial charge is 0.173 e. The van der Waals surface area contributed by atoms with Gasteiger partial charge in [-0.3, -0.25) is 4.90 Å². The molecule has 0 bridgehead atoms. The summed E-state index contributed by atoms with van der Waals surface area (Å²) in [6, 6.07) is 16.3. The minimum Gasteiger partial charge on any atom is -0.346 e. The number of nitrogens with zero attached hydrogens (tertiary/aromatic N) is 2. The van der Waals surface area contributed by atoms with Crippen LogP contribution in [-0.4, -0.2) is 47.6 Å². The van der Waals surface area contributed by atoms with Crippen LogP contribution in [0.15, 0.2) is 54.6 Å². The fourth-order valence-corrected chi connectivity index (χ4v) is 3.39. The Labute approximate surface area is 166 Å². The Morgan fingerprint density at radius 1 is 1.12 bits per heavy atom. The zero-order chi connectivity index (χ0) is 18.4. The molecule has 0 atom stereocenters. The van der Waals surface area contributed by atoms with E-state index < -0.39 is 0 Å². The Morgan fingerprint density at radius 3 is 2.54 bits per heavy atom. The lowest BCUT2D eigenvalue weighted by Crippen LogP contribution is -2.49. The molecule has 3 rings (SSSR count). The average Bonchev–Trinajstić information content (AvgIpc) is 2.66. The molecule has 0 radical (unpaired) electrons. The van der Waals surface area contributed by atoms with Gasteiger partial charge in [-0.25, -0.2) is 0 Å². The van der Waals surface area contributed by atoms with Crippen LogP contribution in [0.2, 0.25) is 5.02 Å². The zero-order valence-electron chi connectivity index (χ0n) is 15.0. The van der Waals surface area contributed by atoms with Gasteiger partial charge in [0.2, 0.25) is 0 Å². The van der Waals surface area contributed by atoms with Gasteiger partial charge in [0.25, 0.3) is 0 Å². The van der Waals surface area contributed by atoms with Gasteiger partial charge < -0.3 is 10.2 Å². The summed E-state index contributed by atoms with van der Waals surface area (Å²) in [4.78, 5) is 4.67. The minimum atomic E-state index is 0.757. The molecule has 1 N–H and O–H groups in total. The van der Waals surface area contributed by atoms with E-state index in [1.54, 1.807) is 0 Å². The van der Waals surface area contributed by atoms with Crippen LogP contribution in [0.5, 0.6) is 0 Å². The Hall–Kier alpha value is -1.88. The molecule has 0 spiro atoms. The highest BCUT2D eigenvalue weighted by molar-refractivity contribution is 7.80. The molecule has 0 unspecified atom stereocenters. The van der Waals surface area contributed by atoms with E-state index in [1.165, 1.54) is 5.56 Å². The zero-order valence-corrected chi connectivity index (χ0v) is 16.6. The van der Waals surface area contributed by atoms with Gasteiger partial charge in [-0.1, -0.05) is 60.2 Å². The van der Waals surface area contributed by atoms with Crippen LogP contribution in [0.4, 0.5) is 5.69 Å². The first-order chi connectivity index (χ1) is 12.6. The number of piperazine rings is 1. The molecule has 1 aliphatic rings. The van der Waals surface area contributed by atoms with E-state index in [0.717, 1.165) is 54.1 Å². The molecule has 1 heterocycles. The molecule has 136 valence electrons. The van der Waals surface area contributed by atoms with E-state index in [-0.39, 0.29) is 0 Å². The van der Waals surface area contributed by atoms with E-state index in [1.807, 2.05) is 31.2 Å². The van der Waals surface area contributed by atoms with Crippen molar-refractivity contribution >= 4 is 40.7 Å². The van der Waals surface area contributed by atoms with E-state index in [2.05, 4.69) is 51.5 Å². The number of benzene rings is 2. The van der Waals surface area contributed by atoms with Crippen molar-refractivity contribution < 1.29 is 0 Å². The summed E-state index contributed by atoms with van der Waals surface area (Å²) in [7, 11) is 0. The van der Waals surface area contributed by atoms with Crippen LogP contribution in [0.25, 0.3) is 6.08 Å². The third-order valence-corrected chi connectivity index (χ3v) is 5.32. The minimum absolute atomic E-state index is 0.757.